The Labute approximate surface area is 139 Å². The second kappa shape index (κ2) is 6.71. The quantitative estimate of drug-likeness (QED) is 0.734. The lowest BCUT2D eigenvalue weighted by Gasteiger charge is -2.09. The van der Waals surface area contributed by atoms with Crippen LogP contribution in [0.5, 0.6) is 0 Å². The summed E-state index contributed by atoms with van der Waals surface area (Å²) < 4.78 is 1.74. The van der Waals surface area contributed by atoms with Gasteiger partial charge in [-0.15, -0.1) is 11.8 Å². The Bertz CT molecular complexity index is 827. The molecule has 0 aliphatic heterocycles. The van der Waals surface area contributed by atoms with Crippen molar-refractivity contribution >= 4 is 23.5 Å². The predicted octanol–water partition coefficient (Wildman–Crippen LogP) is 4.15. The van der Waals surface area contributed by atoms with E-state index in [1.165, 1.54) is 0 Å². The summed E-state index contributed by atoms with van der Waals surface area (Å²) in [6.07, 6.45) is 1.99. The van der Waals surface area contributed by atoms with Crippen LogP contribution in [-0.4, -0.2) is 21.9 Å². The summed E-state index contributed by atoms with van der Waals surface area (Å²) in [5.74, 6) is 0.520. The summed E-state index contributed by atoms with van der Waals surface area (Å²) in [6.45, 7) is 1.91. The Hall–Kier alpha value is -2.53. The fourth-order valence-electron chi connectivity index (χ4n) is 2.31. The van der Waals surface area contributed by atoms with Crippen molar-refractivity contribution in [1.82, 2.24) is 9.78 Å². The Balaban J connectivity index is 1.90. The lowest BCUT2D eigenvalue weighted by molar-refractivity contribution is 0.102. The van der Waals surface area contributed by atoms with E-state index in [4.69, 9.17) is 0 Å². The van der Waals surface area contributed by atoms with E-state index in [1.54, 1.807) is 16.4 Å². The zero-order valence-electron chi connectivity index (χ0n) is 13.0. The van der Waals surface area contributed by atoms with E-state index in [9.17, 15) is 4.79 Å². The van der Waals surface area contributed by atoms with Crippen molar-refractivity contribution in [1.29, 1.82) is 0 Å². The van der Waals surface area contributed by atoms with E-state index in [0.717, 1.165) is 16.3 Å². The summed E-state index contributed by atoms with van der Waals surface area (Å²) in [4.78, 5) is 13.6. The van der Waals surface area contributed by atoms with Gasteiger partial charge >= 0.3 is 0 Å². The molecule has 0 saturated carbocycles. The van der Waals surface area contributed by atoms with Gasteiger partial charge in [0.1, 0.15) is 5.82 Å². The van der Waals surface area contributed by atoms with E-state index < -0.39 is 0 Å². The number of benzene rings is 2. The zero-order chi connectivity index (χ0) is 16.2. The van der Waals surface area contributed by atoms with Crippen LogP contribution in [0.3, 0.4) is 0 Å². The first-order valence-corrected chi connectivity index (χ1v) is 8.47. The Morgan fingerprint density at radius 1 is 1.09 bits per heavy atom. The normalized spacial score (nSPS) is 10.5. The standard InChI is InChI=1S/C18H17N3OS/c1-13-11-17(21(20-13)15-8-4-3-5-9-15)19-18(22)14-7-6-10-16(12-14)23-2/h3-12H,1-2H3,(H,19,22). The average Bonchev–Trinajstić information content (AvgIpc) is 2.96. The molecule has 1 amide bonds. The molecule has 0 fully saturated rings. The third kappa shape index (κ3) is 3.46. The van der Waals surface area contributed by atoms with Gasteiger partial charge in [-0.05, 0) is 43.5 Å². The van der Waals surface area contributed by atoms with Gasteiger partial charge in [0.2, 0.25) is 0 Å². The van der Waals surface area contributed by atoms with Crippen LogP contribution in [0, 0.1) is 6.92 Å². The first kappa shape index (κ1) is 15.4. The van der Waals surface area contributed by atoms with Crippen molar-refractivity contribution in [2.24, 2.45) is 0 Å². The van der Waals surface area contributed by atoms with Crippen molar-refractivity contribution in [3.63, 3.8) is 0 Å². The molecule has 0 saturated heterocycles. The van der Waals surface area contributed by atoms with Crippen LogP contribution in [0.2, 0.25) is 0 Å². The van der Waals surface area contributed by atoms with Gasteiger partial charge in [-0.25, -0.2) is 4.68 Å². The summed E-state index contributed by atoms with van der Waals surface area (Å²) in [7, 11) is 0. The molecule has 0 spiro atoms. The summed E-state index contributed by atoms with van der Waals surface area (Å²) in [6, 6.07) is 19.2. The van der Waals surface area contributed by atoms with E-state index in [-0.39, 0.29) is 5.91 Å². The second-order valence-corrected chi connectivity index (χ2v) is 5.98. The molecule has 1 heterocycles. The first-order chi connectivity index (χ1) is 11.2. The van der Waals surface area contributed by atoms with E-state index in [2.05, 4.69) is 10.4 Å². The molecule has 5 heteroatoms. The molecular formula is C18H17N3OS. The van der Waals surface area contributed by atoms with Crippen molar-refractivity contribution in [3.05, 3.63) is 71.9 Å². The Kier molecular flexibility index (Phi) is 4.48. The van der Waals surface area contributed by atoms with Crippen LogP contribution < -0.4 is 5.32 Å². The number of amides is 1. The van der Waals surface area contributed by atoms with Gasteiger partial charge in [0, 0.05) is 16.5 Å². The molecule has 0 atom stereocenters. The number of aromatic nitrogens is 2. The van der Waals surface area contributed by atoms with E-state index >= 15 is 0 Å². The molecule has 0 bridgehead atoms. The number of hydrogen-bond acceptors (Lipinski definition) is 3. The maximum Gasteiger partial charge on any atom is 0.256 e. The van der Waals surface area contributed by atoms with Gasteiger partial charge in [0.25, 0.3) is 5.91 Å². The smallest absolute Gasteiger partial charge is 0.256 e. The molecule has 0 radical (unpaired) electrons. The number of nitrogens with one attached hydrogen (secondary N) is 1. The molecule has 1 aromatic heterocycles. The molecule has 0 aliphatic carbocycles. The lowest BCUT2D eigenvalue weighted by Crippen LogP contribution is -2.15. The third-order valence-electron chi connectivity index (χ3n) is 3.41. The topological polar surface area (TPSA) is 46.9 Å². The molecule has 2 aromatic carbocycles. The van der Waals surface area contributed by atoms with Crippen LogP contribution in [-0.2, 0) is 0 Å². The molecule has 3 aromatic rings. The molecule has 1 N–H and O–H groups in total. The fourth-order valence-corrected chi connectivity index (χ4v) is 2.77. The molecule has 4 nitrogen and oxygen atoms in total. The molecule has 23 heavy (non-hydrogen) atoms. The summed E-state index contributed by atoms with van der Waals surface area (Å²) >= 11 is 1.61. The van der Waals surface area contributed by atoms with Gasteiger partial charge in [0.05, 0.1) is 11.4 Å². The highest BCUT2D eigenvalue weighted by Crippen LogP contribution is 2.20. The van der Waals surface area contributed by atoms with E-state index in [0.29, 0.717) is 11.4 Å². The Morgan fingerprint density at radius 3 is 2.61 bits per heavy atom. The minimum atomic E-state index is -0.141. The number of para-hydroxylation sites is 1. The van der Waals surface area contributed by atoms with Gasteiger partial charge in [0.15, 0.2) is 0 Å². The zero-order valence-corrected chi connectivity index (χ0v) is 13.8. The number of carbonyl (C=O) groups excluding carboxylic acids is 1. The van der Waals surface area contributed by atoms with Crippen LogP contribution in [0.25, 0.3) is 5.69 Å². The predicted molar refractivity (Wildman–Crippen MR) is 94.5 cm³/mol. The van der Waals surface area contributed by atoms with Crippen LogP contribution >= 0.6 is 11.8 Å². The van der Waals surface area contributed by atoms with Gasteiger partial charge in [-0.2, -0.15) is 5.10 Å². The fraction of sp³-hybridized carbons (Fsp3) is 0.111. The van der Waals surface area contributed by atoms with Gasteiger partial charge < -0.3 is 5.32 Å². The summed E-state index contributed by atoms with van der Waals surface area (Å²) in [5.41, 5.74) is 2.39. The summed E-state index contributed by atoms with van der Waals surface area (Å²) in [5, 5.41) is 7.41. The van der Waals surface area contributed by atoms with E-state index in [1.807, 2.05) is 73.8 Å². The average molecular weight is 323 g/mol. The third-order valence-corrected chi connectivity index (χ3v) is 4.13. The van der Waals surface area contributed by atoms with Crippen LogP contribution in [0.4, 0.5) is 5.82 Å². The van der Waals surface area contributed by atoms with Gasteiger partial charge in [-0.1, -0.05) is 24.3 Å². The molecule has 0 aliphatic rings. The first-order valence-electron chi connectivity index (χ1n) is 7.25. The number of aryl methyl sites for hydroxylation is 1. The van der Waals surface area contributed by atoms with Crippen molar-refractivity contribution in [3.8, 4) is 5.69 Å². The number of nitrogens with zero attached hydrogens (tertiary/aromatic N) is 2. The number of thioether (sulfide) groups is 1. The minimum Gasteiger partial charge on any atom is -0.306 e. The molecule has 116 valence electrons. The SMILES string of the molecule is CSc1cccc(C(=O)Nc2cc(C)nn2-c2ccccc2)c1. The number of anilines is 1. The number of rotatable bonds is 4. The maximum absolute atomic E-state index is 12.5. The van der Waals surface area contributed by atoms with Crippen LogP contribution in [0.15, 0.2) is 65.6 Å². The highest BCUT2D eigenvalue weighted by atomic mass is 32.2. The van der Waals surface area contributed by atoms with Crippen molar-refractivity contribution < 1.29 is 4.79 Å². The van der Waals surface area contributed by atoms with Crippen molar-refractivity contribution in [2.75, 3.05) is 11.6 Å². The maximum atomic E-state index is 12.5. The Morgan fingerprint density at radius 2 is 1.87 bits per heavy atom. The minimum absolute atomic E-state index is 0.141. The molecule has 3 rings (SSSR count). The molecule has 0 unspecified atom stereocenters. The highest BCUT2D eigenvalue weighted by Gasteiger charge is 2.12. The van der Waals surface area contributed by atoms with Crippen LogP contribution in [0.1, 0.15) is 16.1 Å². The van der Waals surface area contributed by atoms with Gasteiger partial charge in [-0.3, -0.25) is 4.79 Å². The molecular weight excluding hydrogens is 306 g/mol. The highest BCUT2D eigenvalue weighted by molar-refractivity contribution is 7.98. The van der Waals surface area contributed by atoms with Crippen molar-refractivity contribution in [2.45, 2.75) is 11.8 Å². The second-order valence-electron chi connectivity index (χ2n) is 5.10. The number of carbonyl (C=O) groups is 1. The number of hydrogen-bond donors (Lipinski definition) is 1. The monoisotopic (exact) mass is 323 g/mol. The largest absolute Gasteiger partial charge is 0.306 e. The lowest BCUT2D eigenvalue weighted by atomic mass is 10.2.